The second kappa shape index (κ2) is 5.22. The molecule has 0 saturated carbocycles. The Labute approximate surface area is 126 Å². The number of hydrogen-bond acceptors (Lipinski definition) is 3. The number of nitrogens with zero attached hydrogens (tertiary/aromatic N) is 1. The summed E-state index contributed by atoms with van der Waals surface area (Å²) < 4.78 is 18.5. The molecule has 3 nitrogen and oxygen atoms in total. The molecule has 2 aromatic carbocycles. The van der Waals surface area contributed by atoms with Gasteiger partial charge in [-0.3, -0.25) is 0 Å². The molecule has 21 heavy (non-hydrogen) atoms. The van der Waals surface area contributed by atoms with Crippen molar-refractivity contribution in [3.63, 3.8) is 0 Å². The summed E-state index contributed by atoms with van der Waals surface area (Å²) in [7, 11) is 0. The molecule has 5 heteroatoms. The molecule has 0 bridgehead atoms. The van der Waals surface area contributed by atoms with Gasteiger partial charge in [-0.2, -0.15) is 0 Å². The fourth-order valence-corrected chi connectivity index (χ4v) is 2.53. The maximum atomic E-state index is 13.4. The van der Waals surface area contributed by atoms with E-state index in [1.165, 1.54) is 12.1 Å². The number of rotatable bonds is 2. The highest BCUT2D eigenvalue weighted by atomic mass is 35.5. The zero-order valence-corrected chi connectivity index (χ0v) is 12.0. The summed E-state index contributed by atoms with van der Waals surface area (Å²) in [6, 6.07) is 11.6. The molecular formula is C16H12ClFN2O. The summed E-state index contributed by atoms with van der Waals surface area (Å²) >= 11 is 5.97. The van der Waals surface area contributed by atoms with Crippen molar-refractivity contribution in [1.82, 2.24) is 5.16 Å². The van der Waals surface area contributed by atoms with E-state index in [4.69, 9.17) is 21.9 Å². The molecule has 0 amide bonds. The molecule has 3 aromatic rings. The van der Waals surface area contributed by atoms with Crippen LogP contribution in [-0.4, -0.2) is 5.16 Å². The van der Waals surface area contributed by atoms with Crippen LogP contribution in [0.5, 0.6) is 0 Å². The molecule has 0 atom stereocenters. The minimum atomic E-state index is -0.341. The van der Waals surface area contributed by atoms with Crippen molar-refractivity contribution in [2.45, 2.75) is 6.92 Å². The number of nitrogen functional groups attached to an aromatic ring is 1. The minimum Gasteiger partial charge on any atom is -0.367 e. The van der Waals surface area contributed by atoms with Crippen molar-refractivity contribution in [3.8, 4) is 22.4 Å². The van der Waals surface area contributed by atoms with Gasteiger partial charge in [0, 0.05) is 10.6 Å². The molecule has 0 fully saturated rings. The van der Waals surface area contributed by atoms with Crippen LogP contribution in [0.2, 0.25) is 5.02 Å². The van der Waals surface area contributed by atoms with E-state index in [9.17, 15) is 4.39 Å². The minimum absolute atomic E-state index is 0.157. The maximum absolute atomic E-state index is 13.4. The number of aromatic nitrogens is 1. The van der Waals surface area contributed by atoms with Crippen molar-refractivity contribution < 1.29 is 8.91 Å². The van der Waals surface area contributed by atoms with E-state index in [1.54, 1.807) is 18.2 Å². The quantitative estimate of drug-likeness (QED) is 0.747. The third kappa shape index (κ3) is 2.50. The number of halogens is 2. The number of hydrogen-bond donors (Lipinski definition) is 1. The Kier molecular flexibility index (Phi) is 3.39. The second-order valence-corrected chi connectivity index (χ2v) is 5.18. The van der Waals surface area contributed by atoms with Gasteiger partial charge in [0.15, 0.2) is 0 Å². The van der Waals surface area contributed by atoms with Crippen LogP contribution < -0.4 is 5.73 Å². The predicted molar refractivity (Wildman–Crippen MR) is 81.5 cm³/mol. The molecule has 0 aliphatic heterocycles. The highest BCUT2D eigenvalue weighted by Gasteiger charge is 2.19. The van der Waals surface area contributed by atoms with E-state index >= 15 is 0 Å². The van der Waals surface area contributed by atoms with Crippen molar-refractivity contribution in [3.05, 3.63) is 58.9 Å². The lowest BCUT2D eigenvalue weighted by Crippen LogP contribution is -1.90. The number of anilines is 1. The van der Waals surface area contributed by atoms with Crippen LogP contribution in [0.15, 0.2) is 47.0 Å². The van der Waals surface area contributed by atoms with Gasteiger partial charge in [-0.05, 0) is 42.3 Å². The Morgan fingerprint density at radius 1 is 1.19 bits per heavy atom. The molecule has 0 saturated heterocycles. The molecule has 0 spiro atoms. The summed E-state index contributed by atoms with van der Waals surface area (Å²) in [6.07, 6.45) is 0. The van der Waals surface area contributed by atoms with Crippen LogP contribution in [0.25, 0.3) is 22.4 Å². The molecule has 1 heterocycles. The number of aryl methyl sites for hydroxylation is 1. The van der Waals surface area contributed by atoms with Crippen LogP contribution in [0.4, 0.5) is 10.3 Å². The van der Waals surface area contributed by atoms with E-state index in [-0.39, 0.29) is 11.7 Å². The lowest BCUT2D eigenvalue weighted by molar-refractivity contribution is 0.439. The third-order valence-electron chi connectivity index (χ3n) is 3.28. The van der Waals surface area contributed by atoms with Gasteiger partial charge in [-0.25, -0.2) is 4.39 Å². The largest absolute Gasteiger partial charge is 0.367 e. The van der Waals surface area contributed by atoms with Crippen molar-refractivity contribution in [1.29, 1.82) is 0 Å². The average Bonchev–Trinajstić information content (AvgIpc) is 2.80. The van der Waals surface area contributed by atoms with Gasteiger partial charge in [0.05, 0.1) is 5.56 Å². The van der Waals surface area contributed by atoms with Gasteiger partial charge in [0.25, 0.3) is 0 Å². The molecule has 0 radical (unpaired) electrons. The Morgan fingerprint density at radius 2 is 2.00 bits per heavy atom. The van der Waals surface area contributed by atoms with Crippen molar-refractivity contribution in [2.75, 3.05) is 5.73 Å². The molecule has 3 rings (SSSR count). The predicted octanol–water partition coefficient (Wildman–Crippen LogP) is 4.69. The van der Waals surface area contributed by atoms with Gasteiger partial charge >= 0.3 is 0 Å². The monoisotopic (exact) mass is 302 g/mol. The summed E-state index contributed by atoms with van der Waals surface area (Å²) in [5.74, 6) is -0.183. The molecule has 0 unspecified atom stereocenters. The summed E-state index contributed by atoms with van der Waals surface area (Å²) in [6.45, 7) is 1.92. The fourth-order valence-electron chi connectivity index (χ4n) is 2.30. The molecule has 2 N–H and O–H groups in total. The van der Waals surface area contributed by atoms with Crippen LogP contribution in [0, 0.1) is 12.7 Å². The summed E-state index contributed by atoms with van der Waals surface area (Å²) in [5.41, 5.74) is 9.43. The summed E-state index contributed by atoms with van der Waals surface area (Å²) in [5, 5.41) is 4.66. The van der Waals surface area contributed by atoms with E-state index in [0.717, 1.165) is 11.1 Å². The number of benzene rings is 2. The first kappa shape index (κ1) is 13.6. The zero-order valence-electron chi connectivity index (χ0n) is 11.2. The lowest BCUT2D eigenvalue weighted by Gasteiger charge is -2.06. The first-order chi connectivity index (χ1) is 10.1. The van der Waals surface area contributed by atoms with Crippen LogP contribution in [0.1, 0.15) is 5.56 Å². The number of nitrogens with two attached hydrogens (primary N) is 1. The van der Waals surface area contributed by atoms with Gasteiger partial charge in [-0.15, -0.1) is 0 Å². The Bertz CT molecular complexity index is 814. The molecule has 1 aromatic heterocycles. The standard InChI is InChI=1S/C16H12ClFN2O/c1-9-7-11(17)5-6-13(9)15-14(16(19)21-20-15)10-3-2-4-12(18)8-10/h2-8H,19H2,1H3. The molecule has 0 aliphatic rings. The normalized spacial score (nSPS) is 10.8. The topological polar surface area (TPSA) is 52.0 Å². The van der Waals surface area contributed by atoms with Crippen LogP contribution in [0.3, 0.4) is 0 Å². The third-order valence-corrected chi connectivity index (χ3v) is 3.51. The summed E-state index contributed by atoms with van der Waals surface area (Å²) in [4.78, 5) is 0. The highest BCUT2D eigenvalue weighted by Crippen LogP contribution is 2.38. The SMILES string of the molecule is Cc1cc(Cl)ccc1-c1noc(N)c1-c1cccc(F)c1. The van der Waals surface area contributed by atoms with Gasteiger partial charge < -0.3 is 10.3 Å². The van der Waals surface area contributed by atoms with E-state index < -0.39 is 0 Å². The maximum Gasteiger partial charge on any atom is 0.230 e. The molecule has 106 valence electrons. The van der Waals surface area contributed by atoms with E-state index in [2.05, 4.69) is 5.16 Å². The lowest BCUT2D eigenvalue weighted by atomic mass is 9.98. The average molecular weight is 303 g/mol. The first-order valence-electron chi connectivity index (χ1n) is 6.34. The van der Waals surface area contributed by atoms with Gasteiger partial charge in [0.2, 0.25) is 5.88 Å². The Balaban J connectivity index is 2.22. The van der Waals surface area contributed by atoms with Crippen molar-refractivity contribution >= 4 is 17.5 Å². The molecular weight excluding hydrogens is 291 g/mol. The fraction of sp³-hybridized carbons (Fsp3) is 0.0625. The highest BCUT2D eigenvalue weighted by molar-refractivity contribution is 6.30. The zero-order chi connectivity index (χ0) is 15.0. The first-order valence-corrected chi connectivity index (χ1v) is 6.71. The Morgan fingerprint density at radius 3 is 2.71 bits per heavy atom. The van der Waals surface area contributed by atoms with Crippen LogP contribution in [-0.2, 0) is 0 Å². The van der Waals surface area contributed by atoms with Crippen molar-refractivity contribution in [2.24, 2.45) is 0 Å². The smallest absolute Gasteiger partial charge is 0.230 e. The van der Waals surface area contributed by atoms with Gasteiger partial charge in [-0.1, -0.05) is 35.0 Å². The second-order valence-electron chi connectivity index (χ2n) is 4.74. The van der Waals surface area contributed by atoms with E-state index in [1.807, 2.05) is 19.1 Å². The van der Waals surface area contributed by atoms with Gasteiger partial charge in [0.1, 0.15) is 11.5 Å². The van der Waals surface area contributed by atoms with E-state index in [0.29, 0.717) is 21.8 Å². The molecule has 0 aliphatic carbocycles. The van der Waals surface area contributed by atoms with Crippen LogP contribution >= 0.6 is 11.6 Å². The Hall–Kier alpha value is -2.33.